The second kappa shape index (κ2) is 9.99. The minimum absolute atomic E-state index is 0.401. The van der Waals surface area contributed by atoms with Crippen molar-refractivity contribution in [3.05, 3.63) is 125 Å². The molecule has 0 aliphatic heterocycles. The number of benzene rings is 3. The van der Waals surface area contributed by atoms with E-state index >= 15 is 0 Å². The molecule has 0 fully saturated rings. The zero-order valence-corrected chi connectivity index (χ0v) is 19.5. The standard InChI is InChI=1S/C25H22Cl2N3OP/c26-21-15-14-18(17-22(21)27)25(24(28)23-13-7-8-16-29-23)30-32(31,19-9-3-1-4-10-19)20-11-5-2-6-12-20/h1-17,24-25H,28H2,(H,30,31). The van der Waals surface area contributed by atoms with Crippen molar-refractivity contribution in [1.82, 2.24) is 10.1 Å². The molecule has 2 unspecified atom stereocenters. The molecule has 162 valence electrons. The number of rotatable bonds is 7. The molecule has 4 nitrogen and oxygen atoms in total. The highest BCUT2D eigenvalue weighted by Gasteiger charge is 2.34. The summed E-state index contributed by atoms with van der Waals surface area (Å²) in [6.07, 6.45) is 1.69. The third-order valence-corrected chi connectivity index (χ3v) is 8.68. The third-order valence-electron chi connectivity index (χ3n) is 5.25. The lowest BCUT2D eigenvalue weighted by Crippen LogP contribution is -2.36. The lowest BCUT2D eigenvalue weighted by molar-refractivity contribution is 0.503. The number of pyridine rings is 1. The zero-order valence-electron chi connectivity index (χ0n) is 17.1. The van der Waals surface area contributed by atoms with Gasteiger partial charge in [-0.1, -0.05) is 71.7 Å². The Morgan fingerprint density at radius 1 is 0.781 bits per heavy atom. The highest BCUT2D eigenvalue weighted by atomic mass is 35.5. The van der Waals surface area contributed by atoms with Crippen molar-refractivity contribution in [3.63, 3.8) is 0 Å². The highest BCUT2D eigenvalue weighted by Crippen LogP contribution is 2.44. The Morgan fingerprint density at radius 3 is 1.91 bits per heavy atom. The average Bonchev–Trinajstić information content (AvgIpc) is 2.85. The van der Waals surface area contributed by atoms with Gasteiger partial charge in [-0.15, -0.1) is 0 Å². The molecule has 0 aliphatic carbocycles. The molecule has 0 spiro atoms. The Morgan fingerprint density at radius 2 is 1.38 bits per heavy atom. The highest BCUT2D eigenvalue weighted by molar-refractivity contribution is 7.76. The van der Waals surface area contributed by atoms with Crippen LogP contribution < -0.4 is 21.4 Å². The Kier molecular flexibility index (Phi) is 7.10. The number of nitrogens with one attached hydrogen (secondary N) is 1. The maximum Gasteiger partial charge on any atom is 0.205 e. The van der Waals surface area contributed by atoms with Crippen LogP contribution in [0.25, 0.3) is 0 Å². The van der Waals surface area contributed by atoms with Gasteiger partial charge in [0.2, 0.25) is 7.29 Å². The summed E-state index contributed by atoms with van der Waals surface area (Å²) < 4.78 is 14.6. The summed E-state index contributed by atoms with van der Waals surface area (Å²) in [7, 11) is -3.28. The van der Waals surface area contributed by atoms with E-state index in [9.17, 15) is 4.57 Å². The van der Waals surface area contributed by atoms with Crippen molar-refractivity contribution in [2.24, 2.45) is 5.73 Å². The number of halogens is 2. The zero-order chi connectivity index (χ0) is 22.6. The van der Waals surface area contributed by atoms with Gasteiger partial charge < -0.3 is 5.73 Å². The van der Waals surface area contributed by atoms with Gasteiger partial charge in [0.05, 0.1) is 27.8 Å². The summed E-state index contributed by atoms with van der Waals surface area (Å²) in [5.41, 5.74) is 8.14. The van der Waals surface area contributed by atoms with E-state index in [0.717, 1.165) is 5.56 Å². The lowest BCUT2D eigenvalue weighted by atomic mass is 9.98. The minimum atomic E-state index is -3.28. The summed E-state index contributed by atoms with van der Waals surface area (Å²) in [6, 6.07) is 28.5. The summed E-state index contributed by atoms with van der Waals surface area (Å²) in [5, 5.41) is 5.62. The van der Waals surface area contributed by atoms with E-state index < -0.39 is 19.4 Å². The normalized spacial score (nSPS) is 13.5. The summed E-state index contributed by atoms with van der Waals surface area (Å²) in [5.74, 6) is 0. The van der Waals surface area contributed by atoms with Gasteiger partial charge in [-0.25, -0.2) is 0 Å². The van der Waals surface area contributed by atoms with E-state index in [4.69, 9.17) is 28.9 Å². The van der Waals surface area contributed by atoms with Gasteiger partial charge in [0.25, 0.3) is 0 Å². The number of aromatic nitrogens is 1. The molecule has 3 N–H and O–H groups in total. The second-order valence-corrected chi connectivity index (χ2v) is 10.7. The fraction of sp³-hybridized carbons (Fsp3) is 0.0800. The van der Waals surface area contributed by atoms with Crippen LogP contribution in [0.2, 0.25) is 10.0 Å². The fourth-order valence-electron chi connectivity index (χ4n) is 3.58. The van der Waals surface area contributed by atoms with E-state index in [1.54, 1.807) is 18.3 Å². The molecular formula is C25H22Cl2N3OP. The quantitative estimate of drug-likeness (QED) is 0.334. The van der Waals surface area contributed by atoms with Crippen LogP contribution in [0.1, 0.15) is 23.3 Å². The SMILES string of the molecule is NC(c1ccccn1)C(NP(=O)(c1ccccc1)c1ccccc1)c1ccc(Cl)c(Cl)c1. The average molecular weight is 482 g/mol. The van der Waals surface area contributed by atoms with Crippen LogP contribution in [0, 0.1) is 0 Å². The van der Waals surface area contributed by atoms with Crippen LogP contribution >= 0.6 is 30.5 Å². The predicted molar refractivity (Wildman–Crippen MR) is 133 cm³/mol. The largest absolute Gasteiger partial charge is 0.321 e. The first-order chi connectivity index (χ1) is 15.5. The van der Waals surface area contributed by atoms with Crippen LogP contribution in [-0.4, -0.2) is 4.98 Å². The van der Waals surface area contributed by atoms with Crippen molar-refractivity contribution < 1.29 is 4.57 Å². The monoisotopic (exact) mass is 481 g/mol. The van der Waals surface area contributed by atoms with Crippen LogP contribution in [0.5, 0.6) is 0 Å². The van der Waals surface area contributed by atoms with E-state index in [1.165, 1.54) is 0 Å². The van der Waals surface area contributed by atoms with Crippen LogP contribution in [-0.2, 0) is 4.57 Å². The molecule has 0 bridgehead atoms. The van der Waals surface area contributed by atoms with Crippen LogP contribution in [0.3, 0.4) is 0 Å². The summed E-state index contributed by atoms with van der Waals surface area (Å²) in [4.78, 5) is 4.43. The van der Waals surface area contributed by atoms with E-state index in [-0.39, 0.29) is 0 Å². The first kappa shape index (κ1) is 22.7. The van der Waals surface area contributed by atoms with Gasteiger partial charge in [-0.05, 0) is 54.1 Å². The molecule has 1 aromatic heterocycles. The maximum absolute atomic E-state index is 14.6. The smallest absolute Gasteiger partial charge is 0.205 e. The first-order valence-electron chi connectivity index (χ1n) is 10.1. The van der Waals surface area contributed by atoms with Crippen molar-refractivity contribution >= 4 is 41.1 Å². The van der Waals surface area contributed by atoms with Crippen LogP contribution in [0.4, 0.5) is 0 Å². The predicted octanol–water partition coefficient (Wildman–Crippen LogP) is 5.65. The second-order valence-electron chi connectivity index (χ2n) is 7.34. The molecule has 0 amide bonds. The van der Waals surface area contributed by atoms with E-state index in [0.29, 0.717) is 26.3 Å². The van der Waals surface area contributed by atoms with E-state index in [2.05, 4.69) is 10.1 Å². The number of nitrogens with two attached hydrogens (primary N) is 1. The molecular weight excluding hydrogens is 460 g/mol. The minimum Gasteiger partial charge on any atom is -0.321 e. The molecule has 3 aromatic carbocycles. The topological polar surface area (TPSA) is 68.0 Å². The molecule has 0 radical (unpaired) electrons. The Balaban J connectivity index is 1.85. The summed E-state index contributed by atoms with van der Waals surface area (Å²) in [6.45, 7) is 0. The molecule has 32 heavy (non-hydrogen) atoms. The number of hydrogen-bond acceptors (Lipinski definition) is 3. The molecule has 1 heterocycles. The lowest BCUT2D eigenvalue weighted by Gasteiger charge is -2.31. The third kappa shape index (κ3) is 4.80. The number of nitrogens with zero attached hydrogens (tertiary/aromatic N) is 1. The Labute approximate surface area is 197 Å². The molecule has 2 atom stereocenters. The van der Waals surface area contributed by atoms with Crippen molar-refractivity contribution in [1.29, 1.82) is 0 Å². The van der Waals surface area contributed by atoms with Gasteiger partial charge in [0.1, 0.15) is 0 Å². The number of hydrogen-bond donors (Lipinski definition) is 2. The molecule has 0 saturated heterocycles. The molecule has 4 rings (SSSR count). The molecule has 4 aromatic rings. The van der Waals surface area contributed by atoms with Gasteiger partial charge in [-0.2, -0.15) is 0 Å². The van der Waals surface area contributed by atoms with Crippen molar-refractivity contribution in [3.8, 4) is 0 Å². The van der Waals surface area contributed by atoms with Gasteiger partial charge in [0.15, 0.2) is 0 Å². The fourth-order valence-corrected chi connectivity index (χ4v) is 6.37. The van der Waals surface area contributed by atoms with Gasteiger partial charge in [0, 0.05) is 16.8 Å². The van der Waals surface area contributed by atoms with Gasteiger partial charge >= 0.3 is 0 Å². The van der Waals surface area contributed by atoms with Crippen LogP contribution in [0.15, 0.2) is 103 Å². The van der Waals surface area contributed by atoms with Crippen molar-refractivity contribution in [2.75, 3.05) is 0 Å². The molecule has 0 aliphatic rings. The van der Waals surface area contributed by atoms with Gasteiger partial charge in [-0.3, -0.25) is 14.6 Å². The molecule has 0 saturated carbocycles. The Hall–Kier alpha value is -2.46. The Bertz CT molecular complexity index is 1180. The summed E-state index contributed by atoms with van der Waals surface area (Å²) >= 11 is 12.5. The van der Waals surface area contributed by atoms with E-state index in [1.807, 2.05) is 84.9 Å². The molecule has 7 heteroatoms. The maximum atomic E-state index is 14.6. The van der Waals surface area contributed by atoms with Crippen molar-refractivity contribution in [2.45, 2.75) is 12.1 Å². The first-order valence-corrected chi connectivity index (χ1v) is 12.6.